The predicted molar refractivity (Wildman–Crippen MR) is 289 cm³/mol. The van der Waals surface area contributed by atoms with Crippen LogP contribution < -0.4 is 16.0 Å². The number of amides is 5. The number of ether oxygens (including phenoxy) is 2. The number of hydrogen-bond donors (Lipinski definition) is 4. The molecule has 6 heterocycles. The summed E-state index contributed by atoms with van der Waals surface area (Å²) in [7, 11) is 0. The van der Waals surface area contributed by atoms with E-state index in [1.807, 2.05) is 11.0 Å². The van der Waals surface area contributed by atoms with E-state index >= 15 is 4.39 Å². The SMILES string of the molecule is CC[C@@]1(O)C(=O)OC(=O)C2=C1C=C1c3nc4cc(F)c(C)c5c4c(c3CN1C2)[C@@H](CC(=O)COCNC(=O)CCC(=O)[C@H](Cc1ccccc1)NC(=O)CCC(=O)Cn1cc(CNC(=O)CCCCCN2C(=O)CC(C)C2=O)nn1)CC5. The van der Waals surface area contributed by atoms with E-state index in [0.717, 1.165) is 27.6 Å². The van der Waals surface area contributed by atoms with Crippen LogP contribution in [0.25, 0.3) is 16.6 Å². The van der Waals surface area contributed by atoms with Crippen molar-refractivity contribution in [3.05, 3.63) is 105 Å². The topological polar surface area (TPSA) is 296 Å². The highest BCUT2D eigenvalue weighted by Gasteiger charge is 2.50. The van der Waals surface area contributed by atoms with Gasteiger partial charge in [-0.05, 0) is 79.7 Å². The zero-order chi connectivity index (χ0) is 58.4. The molecule has 2 aromatic carbocycles. The first-order chi connectivity index (χ1) is 39.3. The average Bonchev–Trinajstić information content (AvgIpc) is 1.89. The molecule has 23 heteroatoms. The molecular formula is C59H66FN9O13. The molecule has 0 spiro atoms. The van der Waals surface area contributed by atoms with Gasteiger partial charge in [-0.25, -0.2) is 23.6 Å². The summed E-state index contributed by atoms with van der Waals surface area (Å²) in [6.45, 7) is 5.00. The third-order valence-electron chi connectivity index (χ3n) is 16.0. The molecule has 1 aliphatic carbocycles. The average molecular weight is 1130 g/mol. The lowest BCUT2D eigenvalue weighted by molar-refractivity contribution is -0.172. The molecule has 0 bridgehead atoms. The van der Waals surface area contributed by atoms with Gasteiger partial charge in [0, 0.05) is 86.5 Å². The van der Waals surface area contributed by atoms with E-state index in [1.54, 1.807) is 51.1 Å². The highest BCUT2D eigenvalue weighted by molar-refractivity contribution is 6.08. The van der Waals surface area contributed by atoms with Crippen LogP contribution in [-0.2, 0) is 89.9 Å². The van der Waals surface area contributed by atoms with Crippen molar-refractivity contribution >= 4 is 75.4 Å². The molecular weight excluding hydrogens is 1060 g/mol. The van der Waals surface area contributed by atoms with Gasteiger partial charge in [0.2, 0.25) is 29.5 Å². The number of ketones is 3. The van der Waals surface area contributed by atoms with Crippen LogP contribution >= 0.6 is 0 Å². The van der Waals surface area contributed by atoms with Crippen LogP contribution in [0.5, 0.6) is 0 Å². The highest BCUT2D eigenvalue weighted by atomic mass is 19.1. The third kappa shape index (κ3) is 12.9. The molecule has 0 saturated carbocycles. The quantitative estimate of drug-likeness (QED) is 0.0217. The van der Waals surface area contributed by atoms with Gasteiger partial charge >= 0.3 is 11.9 Å². The third-order valence-corrected chi connectivity index (χ3v) is 16.0. The van der Waals surface area contributed by atoms with Gasteiger partial charge in [-0.1, -0.05) is 55.8 Å². The number of benzene rings is 2. The molecule has 2 aromatic heterocycles. The van der Waals surface area contributed by atoms with Crippen molar-refractivity contribution in [2.24, 2.45) is 5.92 Å². The molecule has 82 heavy (non-hydrogen) atoms. The zero-order valence-electron chi connectivity index (χ0n) is 46.1. The maximum absolute atomic E-state index is 15.4. The molecule has 1 saturated heterocycles. The van der Waals surface area contributed by atoms with E-state index in [9.17, 15) is 53.1 Å². The number of imide groups is 1. The maximum atomic E-state index is 15.4. The molecule has 432 valence electrons. The van der Waals surface area contributed by atoms with E-state index in [4.69, 9.17) is 14.5 Å². The Balaban J connectivity index is 0.717. The molecule has 5 aliphatic rings. The van der Waals surface area contributed by atoms with E-state index in [0.29, 0.717) is 73.4 Å². The minimum absolute atomic E-state index is 0.0365. The van der Waals surface area contributed by atoms with Gasteiger partial charge in [0.1, 0.15) is 31.4 Å². The van der Waals surface area contributed by atoms with Crippen molar-refractivity contribution in [2.75, 3.05) is 26.4 Å². The first kappa shape index (κ1) is 58.5. The van der Waals surface area contributed by atoms with Crippen LogP contribution in [0.2, 0.25) is 0 Å². The number of pyridine rings is 1. The van der Waals surface area contributed by atoms with Crippen molar-refractivity contribution in [1.82, 2.24) is 45.7 Å². The number of carbonyl (C=O) groups excluding carboxylic acids is 10. The van der Waals surface area contributed by atoms with Gasteiger partial charge in [-0.15, -0.1) is 5.10 Å². The van der Waals surface area contributed by atoms with Crippen molar-refractivity contribution in [1.29, 1.82) is 0 Å². The summed E-state index contributed by atoms with van der Waals surface area (Å²) in [4.78, 5) is 137. The van der Waals surface area contributed by atoms with Gasteiger partial charge in [0.15, 0.2) is 23.0 Å². The number of aryl methyl sites for hydroxylation is 1. The summed E-state index contributed by atoms with van der Waals surface area (Å²) in [5.74, 6) is -5.49. The van der Waals surface area contributed by atoms with Gasteiger partial charge in [0.25, 0.3) is 0 Å². The summed E-state index contributed by atoms with van der Waals surface area (Å²) in [5.41, 5.74) is 3.86. The lowest BCUT2D eigenvalue weighted by Gasteiger charge is -2.36. The van der Waals surface area contributed by atoms with E-state index in [-0.39, 0.29) is 143 Å². The largest absolute Gasteiger partial charge is 0.387 e. The Morgan fingerprint density at radius 2 is 1.70 bits per heavy atom. The maximum Gasteiger partial charge on any atom is 0.350 e. The molecule has 22 nitrogen and oxygen atoms in total. The summed E-state index contributed by atoms with van der Waals surface area (Å²) in [6, 6.07) is 9.38. The number of esters is 2. The normalized spacial score (nSPS) is 19.4. The predicted octanol–water partition coefficient (Wildman–Crippen LogP) is 3.74. The number of halogens is 1. The summed E-state index contributed by atoms with van der Waals surface area (Å²) >= 11 is 0. The Morgan fingerprint density at radius 3 is 2.45 bits per heavy atom. The second-order valence-electron chi connectivity index (χ2n) is 21.7. The smallest absolute Gasteiger partial charge is 0.350 e. The van der Waals surface area contributed by atoms with Crippen LogP contribution in [0.1, 0.15) is 136 Å². The Bertz CT molecular complexity index is 3340. The number of likely N-dealkylation sites (tertiary alicyclic amines) is 1. The fraction of sp³-hybridized carbons (Fsp3) is 0.475. The standard InChI is InChI=1S/C59H66FN9O13/c1-4-59(80)43-24-47-55-42(30-67(47)29-41(43)57(78)82-58(59)79)53-36(14-16-40-34(3)44(60)25-46(64-55)54(40)53)23-39(71)31-81-32-62-50(74)19-17-48(72)45(22-35-11-7-5-8-12-35)63-51(75)18-15-38(70)28-68-27-37(65-66-68)26-61-49(73)13-9-6-10-20-69-52(76)21-33(2)56(69)77/h5,7-8,11-12,24-25,27,33,36,45,80H,4,6,9-10,13-23,26,28-32H2,1-3H3,(H,61,73)(H,62,74)(H,63,75)/t33?,36-,45+,59+/m1/s1. The molecule has 4 N–H and O–H groups in total. The van der Waals surface area contributed by atoms with Crippen molar-refractivity contribution < 1.29 is 66.9 Å². The van der Waals surface area contributed by atoms with E-state index in [2.05, 4.69) is 26.3 Å². The number of rotatable bonds is 27. The fourth-order valence-corrected chi connectivity index (χ4v) is 11.5. The minimum atomic E-state index is -2.04. The highest BCUT2D eigenvalue weighted by Crippen LogP contribution is 2.49. The van der Waals surface area contributed by atoms with Crippen molar-refractivity contribution in [3.63, 3.8) is 0 Å². The molecule has 1 fully saturated rings. The lowest BCUT2D eigenvalue weighted by Crippen LogP contribution is -2.49. The lowest BCUT2D eigenvalue weighted by atomic mass is 9.76. The Hall–Kier alpha value is -8.18. The van der Waals surface area contributed by atoms with Gasteiger partial charge in [-0.2, -0.15) is 0 Å². The molecule has 9 rings (SSSR count). The number of aliphatic hydroxyl groups is 1. The molecule has 4 aliphatic heterocycles. The number of aromatic nitrogens is 4. The summed E-state index contributed by atoms with van der Waals surface area (Å²) in [5, 5.41) is 28.2. The van der Waals surface area contributed by atoms with Crippen LogP contribution in [0.3, 0.4) is 0 Å². The van der Waals surface area contributed by atoms with E-state index < -0.39 is 47.0 Å². The summed E-state index contributed by atoms with van der Waals surface area (Å²) < 4.78 is 27.3. The van der Waals surface area contributed by atoms with Gasteiger partial charge in [-0.3, -0.25) is 43.3 Å². The first-order valence-corrected chi connectivity index (χ1v) is 27.9. The number of cyclic esters (lactones) is 2. The molecule has 0 radical (unpaired) electrons. The number of unbranched alkanes of at least 4 members (excludes halogenated alkanes) is 2. The molecule has 4 aromatic rings. The number of Topliss-reactive ketones (excluding diaryl/α,β-unsaturated/α-hetero) is 3. The van der Waals surface area contributed by atoms with Gasteiger partial charge in [0.05, 0.1) is 47.8 Å². The van der Waals surface area contributed by atoms with Crippen molar-refractivity contribution in [2.45, 2.75) is 148 Å². The Labute approximate surface area is 471 Å². The number of nitrogens with one attached hydrogen (secondary N) is 3. The number of fused-ring (bicyclic) bond motifs is 4. The molecule has 1 unspecified atom stereocenters. The fourth-order valence-electron chi connectivity index (χ4n) is 11.5. The zero-order valence-corrected chi connectivity index (χ0v) is 46.1. The van der Waals surface area contributed by atoms with Crippen LogP contribution in [-0.4, -0.2) is 132 Å². The molecule has 5 amide bonds. The number of hydrogen-bond acceptors (Lipinski definition) is 17. The summed E-state index contributed by atoms with van der Waals surface area (Å²) in [6.07, 6.45) is 5.78. The first-order valence-electron chi connectivity index (χ1n) is 27.9. The second-order valence-corrected chi connectivity index (χ2v) is 21.7. The van der Waals surface area contributed by atoms with Crippen LogP contribution in [0.15, 0.2) is 59.8 Å². The van der Waals surface area contributed by atoms with Gasteiger partial charge < -0.3 is 35.4 Å². The number of nitrogens with zero attached hydrogens (tertiary/aromatic N) is 6. The van der Waals surface area contributed by atoms with Crippen LogP contribution in [0, 0.1) is 18.7 Å². The Kier molecular flexibility index (Phi) is 18.0. The second kappa shape index (κ2) is 25.3. The van der Waals surface area contributed by atoms with E-state index in [1.165, 1.54) is 21.8 Å². The minimum Gasteiger partial charge on any atom is -0.387 e. The van der Waals surface area contributed by atoms with Crippen LogP contribution in [0.4, 0.5) is 4.39 Å². The Morgan fingerprint density at radius 1 is 0.927 bits per heavy atom. The monoisotopic (exact) mass is 1130 g/mol. The number of carbonyl (C=O) groups is 10. The van der Waals surface area contributed by atoms with Crippen molar-refractivity contribution in [3.8, 4) is 0 Å². The molecule has 4 atom stereocenters.